The van der Waals surface area contributed by atoms with Crippen LogP contribution in [0.4, 0.5) is 0 Å². The predicted molar refractivity (Wildman–Crippen MR) is 63.2 cm³/mol. The highest BCUT2D eigenvalue weighted by Crippen LogP contribution is 2.09. The Balaban J connectivity index is 4.08. The van der Waals surface area contributed by atoms with E-state index in [2.05, 4.69) is 16.6 Å². The molecule has 96 valence electrons. The van der Waals surface area contributed by atoms with Gasteiger partial charge in [-0.25, -0.2) is 0 Å². The van der Waals surface area contributed by atoms with Crippen LogP contribution in [0.15, 0.2) is 0 Å². The van der Waals surface area contributed by atoms with Crippen LogP contribution in [-0.4, -0.2) is 56.9 Å². The minimum atomic E-state index is -0.921. The molecule has 0 rings (SSSR count). The molecular formula is C11H24N2O3. The second kappa shape index (κ2) is 6.83. The quantitative estimate of drug-likeness (QED) is 0.637. The van der Waals surface area contributed by atoms with E-state index in [0.29, 0.717) is 19.1 Å². The summed E-state index contributed by atoms with van der Waals surface area (Å²) in [7, 11) is 5.01. The van der Waals surface area contributed by atoms with Crippen molar-refractivity contribution in [3.05, 3.63) is 0 Å². The van der Waals surface area contributed by atoms with Gasteiger partial charge in [0.25, 0.3) is 0 Å². The first kappa shape index (κ1) is 15.3. The molecule has 0 aromatic heterocycles. The molecule has 5 nitrogen and oxygen atoms in total. The number of rotatable bonds is 7. The van der Waals surface area contributed by atoms with Crippen molar-refractivity contribution in [3.8, 4) is 0 Å². The highest BCUT2D eigenvalue weighted by molar-refractivity contribution is 5.79. The number of nitrogens with zero attached hydrogens (tertiary/aromatic N) is 1. The molecule has 0 aromatic rings. The fraction of sp³-hybridized carbons (Fsp3) is 0.909. The number of hydrogen-bond donors (Lipinski definition) is 1. The van der Waals surface area contributed by atoms with Crippen molar-refractivity contribution in [2.45, 2.75) is 31.8 Å². The first-order chi connectivity index (χ1) is 7.35. The average Bonchev–Trinajstić information content (AvgIpc) is 2.25. The van der Waals surface area contributed by atoms with Crippen LogP contribution in [0, 0.1) is 0 Å². The van der Waals surface area contributed by atoms with Crippen molar-refractivity contribution >= 4 is 5.97 Å². The Morgan fingerprint density at radius 1 is 1.50 bits per heavy atom. The number of esters is 1. The maximum absolute atomic E-state index is 11.4. The van der Waals surface area contributed by atoms with Crippen LogP contribution in [-0.2, 0) is 14.3 Å². The third-order valence-electron chi connectivity index (χ3n) is 2.80. The molecular weight excluding hydrogens is 208 g/mol. The van der Waals surface area contributed by atoms with Crippen LogP contribution in [0.3, 0.4) is 0 Å². The van der Waals surface area contributed by atoms with E-state index in [-0.39, 0.29) is 5.97 Å². The topological polar surface area (TPSA) is 64.8 Å². The molecule has 0 amide bonds. The largest absolute Gasteiger partial charge is 0.468 e. The summed E-state index contributed by atoms with van der Waals surface area (Å²) in [4.78, 5) is 13.5. The zero-order valence-electron chi connectivity index (χ0n) is 10.9. The molecule has 2 unspecified atom stereocenters. The second-order valence-electron chi connectivity index (χ2n) is 4.44. The summed E-state index contributed by atoms with van der Waals surface area (Å²) in [6.45, 7) is 5.14. The van der Waals surface area contributed by atoms with Gasteiger partial charge in [0.05, 0.1) is 13.7 Å². The van der Waals surface area contributed by atoms with E-state index in [9.17, 15) is 4.79 Å². The van der Waals surface area contributed by atoms with Gasteiger partial charge in [-0.1, -0.05) is 0 Å². The molecule has 0 aliphatic heterocycles. The smallest absolute Gasteiger partial charge is 0.325 e. The van der Waals surface area contributed by atoms with E-state index >= 15 is 0 Å². The van der Waals surface area contributed by atoms with Crippen LogP contribution in [0.25, 0.3) is 0 Å². The summed E-state index contributed by atoms with van der Waals surface area (Å²) in [5, 5.41) is 0. The van der Waals surface area contributed by atoms with Gasteiger partial charge >= 0.3 is 5.97 Å². The van der Waals surface area contributed by atoms with Gasteiger partial charge in [-0.05, 0) is 27.3 Å². The lowest BCUT2D eigenvalue weighted by atomic mass is 9.99. The summed E-state index contributed by atoms with van der Waals surface area (Å²) in [5.74, 6) is -0.375. The number of ether oxygens (including phenoxy) is 2. The van der Waals surface area contributed by atoms with Gasteiger partial charge in [0, 0.05) is 19.7 Å². The van der Waals surface area contributed by atoms with Gasteiger partial charge in [-0.15, -0.1) is 0 Å². The number of nitrogens with two attached hydrogens (primary N) is 1. The molecule has 0 aliphatic rings. The van der Waals surface area contributed by atoms with Crippen LogP contribution >= 0.6 is 0 Å². The first-order valence-electron chi connectivity index (χ1n) is 5.41. The Hall–Kier alpha value is -0.650. The number of likely N-dealkylation sites (N-methyl/N-ethyl adjacent to an activating group) is 1. The van der Waals surface area contributed by atoms with Gasteiger partial charge < -0.3 is 20.1 Å². The lowest BCUT2D eigenvalue weighted by molar-refractivity contribution is -0.146. The molecule has 0 heterocycles. The number of methoxy groups -OCH3 is 2. The number of hydrogen-bond acceptors (Lipinski definition) is 5. The fourth-order valence-corrected chi connectivity index (χ4v) is 1.33. The summed E-state index contributed by atoms with van der Waals surface area (Å²) < 4.78 is 9.71. The van der Waals surface area contributed by atoms with Crippen LogP contribution < -0.4 is 5.73 Å². The lowest BCUT2D eigenvalue weighted by Gasteiger charge is -2.28. The molecule has 16 heavy (non-hydrogen) atoms. The molecule has 5 heteroatoms. The Bertz CT molecular complexity index is 219. The molecule has 0 saturated carbocycles. The Morgan fingerprint density at radius 2 is 2.06 bits per heavy atom. The fourth-order valence-electron chi connectivity index (χ4n) is 1.33. The van der Waals surface area contributed by atoms with Gasteiger partial charge in [0.15, 0.2) is 0 Å². The molecule has 0 radical (unpaired) electrons. The van der Waals surface area contributed by atoms with E-state index in [0.717, 1.165) is 6.54 Å². The normalized spacial score (nSPS) is 16.9. The van der Waals surface area contributed by atoms with Crippen molar-refractivity contribution in [2.75, 3.05) is 34.4 Å². The van der Waals surface area contributed by atoms with E-state index in [1.165, 1.54) is 7.11 Å². The summed E-state index contributed by atoms with van der Waals surface area (Å²) in [5.41, 5.74) is 4.94. The molecule has 2 atom stereocenters. The van der Waals surface area contributed by atoms with Gasteiger partial charge in [-0.2, -0.15) is 0 Å². The zero-order valence-corrected chi connectivity index (χ0v) is 10.9. The van der Waals surface area contributed by atoms with Crippen molar-refractivity contribution in [1.29, 1.82) is 0 Å². The first-order valence-corrected chi connectivity index (χ1v) is 5.41. The zero-order chi connectivity index (χ0) is 12.8. The Labute approximate surface area is 97.9 Å². The van der Waals surface area contributed by atoms with Crippen LogP contribution in [0.2, 0.25) is 0 Å². The highest BCUT2D eigenvalue weighted by Gasteiger charge is 2.29. The monoisotopic (exact) mass is 232 g/mol. The summed E-state index contributed by atoms with van der Waals surface area (Å²) >= 11 is 0. The standard InChI is InChI=1S/C11H24N2O3/c1-9(8-15-4)13(3)7-6-11(2,12)10(14)16-5/h9H,6-8,12H2,1-5H3. The van der Waals surface area contributed by atoms with E-state index in [4.69, 9.17) is 10.5 Å². The van der Waals surface area contributed by atoms with E-state index < -0.39 is 5.54 Å². The number of carbonyl (C=O) groups is 1. The third kappa shape index (κ3) is 4.92. The summed E-state index contributed by atoms with van der Waals surface area (Å²) in [6.07, 6.45) is 0.560. The van der Waals surface area contributed by atoms with Crippen molar-refractivity contribution in [2.24, 2.45) is 5.73 Å². The van der Waals surface area contributed by atoms with Crippen molar-refractivity contribution in [1.82, 2.24) is 4.90 Å². The molecule has 0 fully saturated rings. The average molecular weight is 232 g/mol. The van der Waals surface area contributed by atoms with E-state index in [1.54, 1.807) is 14.0 Å². The maximum Gasteiger partial charge on any atom is 0.325 e. The summed E-state index contributed by atoms with van der Waals surface area (Å²) in [6, 6.07) is 0.304. The Morgan fingerprint density at radius 3 is 2.50 bits per heavy atom. The van der Waals surface area contributed by atoms with Gasteiger partial charge in [0.2, 0.25) is 0 Å². The minimum Gasteiger partial charge on any atom is -0.468 e. The van der Waals surface area contributed by atoms with Crippen LogP contribution in [0.5, 0.6) is 0 Å². The molecule has 0 saturated heterocycles. The third-order valence-corrected chi connectivity index (χ3v) is 2.80. The van der Waals surface area contributed by atoms with Gasteiger partial charge in [-0.3, -0.25) is 4.79 Å². The molecule has 0 aliphatic carbocycles. The van der Waals surface area contributed by atoms with Gasteiger partial charge in [0.1, 0.15) is 5.54 Å². The van der Waals surface area contributed by atoms with Crippen molar-refractivity contribution in [3.63, 3.8) is 0 Å². The minimum absolute atomic E-state index is 0.304. The maximum atomic E-state index is 11.4. The van der Waals surface area contributed by atoms with E-state index in [1.807, 2.05) is 7.05 Å². The molecule has 0 bridgehead atoms. The number of carbonyl (C=O) groups excluding carboxylic acids is 1. The Kier molecular flexibility index (Phi) is 6.55. The highest BCUT2D eigenvalue weighted by atomic mass is 16.5. The SMILES string of the molecule is COCC(C)N(C)CCC(C)(N)C(=O)OC. The molecule has 0 spiro atoms. The van der Waals surface area contributed by atoms with Crippen LogP contribution in [0.1, 0.15) is 20.3 Å². The predicted octanol–water partition coefficient (Wildman–Crippen LogP) is 0.234. The molecule has 0 aromatic carbocycles. The van der Waals surface area contributed by atoms with Crippen molar-refractivity contribution < 1.29 is 14.3 Å². The molecule has 2 N–H and O–H groups in total. The lowest BCUT2D eigenvalue weighted by Crippen LogP contribution is -2.48. The second-order valence-corrected chi connectivity index (χ2v) is 4.44.